The molecule has 9 nitrogen and oxygen atoms in total. The molecular weight excluding hydrogens is 256 g/mol. The van der Waals surface area contributed by atoms with Crippen LogP contribution < -0.4 is 11.5 Å². The molecule has 4 atom stereocenters. The number of hydrogen-bond acceptors (Lipinski definition) is 7. The molecular formula is C10H16N4O5. The molecule has 1 aliphatic rings. The lowest BCUT2D eigenvalue weighted by atomic mass is 10.0. The van der Waals surface area contributed by atoms with E-state index < -0.39 is 30.4 Å². The molecule has 9 heteroatoms. The van der Waals surface area contributed by atoms with Crippen molar-refractivity contribution in [1.82, 2.24) is 9.78 Å². The van der Waals surface area contributed by atoms with Gasteiger partial charge in [0, 0.05) is 6.54 Å². The molecule has 0 saturated carbocycles. The quantitative estimate of drug-likeness (QED) is 0.393. The van der Waals surface area contributed by atoms with Crippen molar-refractivity contribution in [2.75, 3.05) is 6.61 Å². The van der Waals surface area contributed by atoms with Crippen LogP contribution in [0, 0.1) is 0 Å². The highest BCUT2D eigenvalue weighted by atomic mass is 16.5. The molecule has 1 aromatic rings. The summed E-state index contributed by atoms with van der Waals surface area (Å²) in [6.07, 6.45) is -5.15. The van der Waals surface area contributed by atoms with Crippen LogP contribution in [0.2, 0.25) is 0 Å². The van der Waals surface area contributed by atoms with E-state index in [1.54, 1.807) is 0 Å². The van der Waals surface area contributed by atoms with Crippen molar-refractivity contribution in [3.8, 4) is 0 Å². The minimum absolute atomic E-state index is 0.00749. The number of carbonyl (C=O) groups excluding carboxylic acids is 1. The summed E-state index contributed by atoms with van der Waals surface area (Å²) in [6, 6.07) is 1.38. The second-order valence-electron chi connectivity index (χ2n) is 4.31. The molecule has 0 aliphatic carbocycles. The number of amides is 1. The summed E-state index contributed by atoms with van der Waals surface area (Å²) in [7, 11) is 0. The molecule has 7 N–H and O–H groups in total. The third-order valence-electron chi connectivity index (χ3n) is 2.96. The van der Waals surface area contributed by atoms with Gasteiger partial charge in [-0.25, -0.2) is 4.68 Å². The highest BCUT2D eigenvalue weighted by Crippen LogP contribution is 2.25. The largest absolute Gasteiger partial charge is 0.388 e. The maximum atomic E-state index is 11.3. The van der Waals surface area contributed by atoms with Crippen LogP contribution in [0.25, 0.3) is 0 Å². The number of aliphatic hydroxyl groups is 3. The number of carbonyl (C=O) groups is 1. The lowest BCUT2D eigenvalue weighted by Gasteiger charge is -2.35. The molecule has 1 aliphatic heterocycles. The van der Waals surface area contributed by atoms with E-state index >= 15 is 0 Å². The van der Waals surface area contributed by atoms with Crippen molar-refractivity contribution in [2.24, 2.45) is 11.5 Å². The zero-order valence-corrected chi connectivity index (χ0v) is 10.0. The molecule has 0 bridgehead atoms. The minimum atomic E-state index is -1.44. The zero-order valence-electron chi connectivity index (χ0n) is 10.0. The van der Waals surface area contributed by atoms with Gasteiger partial charge < -0.3 is 31.5 Å². The zero-order chi connectivity index (χ0) is 14.2. The summed E-state index contributed by atoms with van der Waals surface area (Å²) in [4.78, 5) is 11.3. The molecule has 1 fully saturated rings. The minimum Gasteiger partial charge on any atom is -0.388 e. The Bertz CT molecular complexity index is 476. The molecule has 2 rings (SSSR count). The SMILES string of the molecule is NCc1cc(C(N)=O)n([C@@H]2OC[C@@H](O)[C@@H](O)[C@H]2O)n1. The van der Waals surface area contributed by atoms with Crippen LogP contribution in [0.15, 0.2) is 6.07 Å². The molecule has 106 valence electrons. The Hall–Kier alpha value is -1.52. The number of rotatable bonds is 3. The number of hydrogen-bond donors (Lipinski definition) is 5. The predicted octanol–water partition coefficient (Wildman–Crippen LogP) is -2.95. The van der Waals surface area contributed by atoms with Crippen molar-refractivity contribution in [2.45, 2.75) is 31.1 Å². The van der Waals surface area contributed by atoms with E-state index in [9.17, 15) is 20.1 Å². The van der Waals surface area contributed by atoms with Gasteiger partial charge in [0.25, 0.3) is 5.91 Å². The molecule has 0 radical (unpaired) electrons. The van der Waals surface area contributed by atoms with Gasteiger partial charge in [-0.2, -0.15) is 5.10 Å². The van der Waals surface area contributed by atoms with E-state index in [0.29, 0.717) is 5.69 Å². The topological polar surface area (TPSA) is 157 Å². The molecule has 0 spiro atoms. The standard InChI is InChI=1S/C10H16N4O5/c11-2-4-1-5(9(12)18)14(13-4)10-8(17)7(16)6(15)3-19-10/h1,6-8,10,15-17H,2-3,11H2,(H2,12,18)/t6-,7-,8-,10-/m1/s1. The molecule has 1 saturated heterocycles. The summed E-state index contributed by atoms with van der Waals surface area (Å²) in [5.41, 5.74) is 11.0. The number of aliphatic hydroxyl groups excluding tert-OH is 3. The van der Waals surface area contributed by atoms with E-state index in [2.05, 4.69) is 5.10 Å². The van der Waals surface area contributed by atoms with Crippen molar-refractivity contribution >= 4 is 5.91 Å². The average Bonchev–Trinajstić information content (AvgIpc) is 2.80. The molecule has 2 heterocycles. The van der Waals surface area contributed by atoms with Gasteiger partial charge in [0.05, 0.1) is 12.3 Å². The Labute approximate surface area is 108 Å². The van der Waals surface area contributed by atoms with E-state index in [-0.39, 0.29) is 18.8 Å². The fourth-order valence-corrected chi connectivity index (χ4v) is 1.93. The molecule has 0 unspecified atom stereocenters. The maximum absolute atomic E-state index is 11.3. The third-order valence-corrected chi connectivity index (χ3v) is 2.96. The van der Waals surface area contributed by atoms with Crippen LogP contribution >= 0.6 is 0 Å². The third kappa shape index (κ3) is 2.46. The van der Waals surface area contributed by atoms with Gasteiger partial charge in [-0.3, -0.25) is 4.79 Å². The first-order chi connectivity index (χ1) is 8.95. The number of primary amides is 1. The number of ether oxygens (including phenoxy) is 1. The van der Waals surface area contributed by atoms with E-state index in [0.717, 1.165) is 4.68 Å². The predicted molar refractivity (Wildman–Crippen MR) is 61.6 cm³/mol. The van der Waals surface area contributed by atoms with Crippen LogP contribution in [0.1, 0.15) is 22.4 Å². The van der Waals surface area contributed by atoms with Gasteiger partial charge in [0.1, 0.15) is 24.0 Å². The van der Waals surface area contributed by atoms with Crippen LogP contribution in [0.5, 0.6) is 0 Å². The Morgan fingerprint density at radius 3 is 2.74 bits per heavy atom. The average molecular weight is 272 g/mol. The molecule has 0 aromatic carbocycles. The van der Waals surface area contributed by atoms with E-state index in [4.69, 9.17) is 16.2 Å². The van der Waals surface area contributed by atoms with Gasteiger partial charge in [-0.1, -0.05) is 0 Å². The first-order valence-electron chi connectivity index (χ1n) is 5.69. The highest BCUT2D eigenvalue weighted by Gasteiger charge is 2.40. The van der Waals surface area contributed by atoms with Crippen molar-refractivity contribution < 1.29 is 24.9 Å². The summed E-state index contributed by atoms with van der Waals surface area (Å²) in [5.74, 6) is -0.761. The summed E-state index contributed by atoms with van der Waals surface area (Å²) in [6.45, 7) is -0.111. The number of aromatic nitrogens is 2. The van der Waals surface area contributed by atoms with Gasteiger partial charge in [0.15, 0.2) is 6.23 Å². The van der Waals surface area contributed by atoms with Crippen LogP contribution in [-0.2, 0) is 11.3 Å². The first kappa shape index (κ1) is 13.9. The Balaban J connectivity index is 2.35. The fourth-order valence-electron chi connectivity index (χ4n) is 1.93. The second-order valence-corrected chi connectivity index (χ2v) is 4.31. The number of nitrogens with zero attached hydrogens (tertiary/aromatic N) is 2. The smallest absolute Gasteiger partial charge is 0.267 e. The van der Waals surface area contributed by atoms with E-state index in [1.165, 1.54) is 6.07 Å². The van der Waals surface area contributed by atoms with Crippen LogP contribution in [0.4, 0.5) is 0 Å². The summed E-state index contributed by atoms with van der Waals surface area (Å²) >= 11 is 0. The molecule has 19 heavy (non-hydrogen) atoms. The van der Waals surface area contributed by atoms with Crippen molar-refractivity contribution in [3.63, 3.8) is 0 Å². The molecule has 1 amide bonds. The normalized spacial score (nSPS) is 31.4. The molecule has 1 aromatic heterocycles. The maximum Gasteiger partial charge on any atom is 0.267 e. The fraction of sp³-hybridized carbons (Fsp3) is 0.600. The van der Waals surface area contributed by atoms with Crippen molar-refractivity contribution in [1.29, 1.82) is 0 Å². The van der Waals surface area contributed by atoms with Crippen LogP contribution in [-0.4, -0.2) is 55.9 Å². The summed E-state index contributed by atoms with van der Waals surface area (Å²) < 4.78 is 6.27. The van der Waals surface area contributed by atoms with E-state index in [1.807, 2.05) is 0 Å². The number of nitrogens with two attached hydrogens (primary N) is 2. The van der Waals surface area contributed by atoms with Gasteiger partial charge in [-0.15, -0.1) is 0 Å². The highest BCUT2D eigenvalue weighted by molar-refractivity contribution is 5.91. The Morgan fingerprint density at radius 1 is 1.47 bits per heavy atom. The van der Waals surface area contributed by atoms with Crippen LogP contribution in [0.3, 0.4) is 0 Å². The second kappa shape index (κ2) is 5.23. The van der Waals surface area contributed by atoms with Gasteiger partial charge in [0.2, 0.25) is 0 Å². The lowest BCUT2D eigenvalue weighted by molar-refractivity contribution is -0.214. The van der Waals surface area contributed by atoms with Gasteiger partial charge in [-0.05, 0) is 6.07 Å². The monoisotopic (exact) mass is 272 g/mol. The Kier molecular flexibility index (Phi) is 3.83. The Morgan fingerprint density at radius 2 is 2.16 bits per heavy atom. The lowest BCUT2D eigenvalue weighted by Crippen LogP contribution is -2.51. The summed E-state index contributed by atoms with van der Waals surface area (Å²) in [5, 5.41) is 32.8. The van der Waals surface area contributed by atoms with Crippen molar-refractivity contribution in [3.05, 3.63) is 17.5 Å². The van der Waals surface area contributed by atoms with Gasteiger partial charge >= 0.3 is 0 Å². The first-order valence-corrected chi connectivity index (χ1v) is 5.69.